The lowest BCUT2D eigenvalue weighted by molar-refractivity contribution is -0.120. The van der Waals surface area contributed by atoms with Gasteiger partial charge in [0.15, 0.2) is 0 Å². The molecule has 0 bridgehead atoms. The number of benzene rings is 1. The van der Waals surface area contributed by atoms with Gasteiger partial charge in [-0.25, -0.2) is 0 Å². The van der Waals surface area contributed by atoms with Crippen molar-refractivity contribution < 1.29 is 4.79 Å². The smallest absolute Gasteiger partial charge is 0.221 e. The summed E-state index contributed by atoms with van der Waals surface area (Å²) < 4.78 is 0. The van der Waals surface area contributed by atoms with E-state index in [0.29, 0.717) is 6.42 Å². The normalized spacial score (nSPS) is 11.4. The van der Waals surface area contributed by atoms with E-state index in [1.54, 1.807) is 0 Å². The van der Waals surface area contributed by atoms with E-state index in [1.165, 1.54) is 11.1 Å². The molecule has 0 unspecified atom stereocenters. The van der Waals surface area contributed by atoms with Crippen LogP contribution >= 0.6 is 0 Å². The van der Waals surface area contributed by atoms with Gasteiger partial charge in [0.05, 0.1) is 0 Å². The van der Waals surface area contributed by atoms with E-state index < -0.39 is 0 Å². The first-order valence-electron chi connectivity index (χ1n) is 7.50. The molecule has 3 nitrogen and oxygen atoms in total. The Kier molecular flexibility index (Phi) is 6.73. The summed E-state index contributed by atoms with van der Waals surface area (Å²) in [6, 6.07) is 8.69. The first kappa shape index (κ1) is 16.7. The molecule has 0 heterocycles. The van der Waals surface area contributed by atoms with Crippen molar-refractivity contribution in [3.8, 4) is 0 Å². The molecule has 0 saturated carbocycles. The van der Waals surface area contributed by atoms with Gasteiger partial charge in [0, 0.05) is 26.1 Å². The van der Waals surface area contributed by atoms with Gasteiger partial charge in [-0.15, -0.1) is 0 Å². The number of rotatable bonds is 7. The SMILES string of the molecule is CCCNC(=O)CCNCc1ccc(C(C)(C)C)cc1. The van der Waals surface area contributed by atoms with E-state index in [2.05, 4.69) is 62.6 Å². The van der Waals surface area contributed by atoms with Crippen LogP contribution in [0, 0.1) is 0 Å². The van der Waals surface area contributed by atoms with Crippen molar-refractivity contribution in [3.05, 3.63) is 35.4 Å². The lowest BCUT2D eigenvalue weighted by Crippen LogP contribution is -2.28. The monoisotopic (exact) mass is 276 g/mol. The number of amides is 1. The maximum Gasteiger partial charge on any atom is 0.221 e. The second-order valence-electron chi connectivity index (χ2n) is 6.22. The van der Waals surface area contributed by atoms with Crippen molar-refractivity contribution in [1.29, 1.82) is 0 Å². The average molecular weight is 276 g/mol. The zero-order valence-corrected chi connectivity index (χ0v) is 13.3. The van der Waals surface area contributed by atoms with Gasteiger partial charge in [-0.05, 0) is 23.0 Å². The Hall–Kier alpha value is -1.35. The van der Waals surface area contributed by atoms with E-state index in [9.17, 15) is 4.79 Å². The Morgan fingerprint density at radius 1 is 1.10 bits per heavy atom. The van der Waals surface area contributed by atoms with Crippen molar-refractivity contribution in [2.45, 2.75) is 52.5 Å². The molecule has 0 atom stereocenters. The molecule has 20 heavy (non-hydrogen) atoms. The molecular formula is C17H28N2O. The molecule has 0 radical (unpaired) electrons. The minimum Gasteiger partial charge on any atom is -0.356 e. The zero-order chi connectivity index (χ0) is 15.0. The van der Waals surface area contributed by atoms with Gasteiger partial charge in [-0.1, -0.05) is 52.0 Å². The van der Waals surface area contributed by atoms with Crippen LogP contribution in [0.4, 0.5) is 0 Å². The van der Waals surface area contributed by atoms with Gasteiger partial charge >= 0.3 is 0 Å². The van der Waals surface area contributed by atoms with E-state index in [4.69, 9.17) is 0 Å². The van der Waals surface area contributed by atoms with Crippen LogP contribution in [0.2, 0.25) is 0 Å². The number of carbonyl (C=O) groups excluding carboxylic acids is 1. The van der Waals surface area contributed by atoms with Gasteiger partial charge in [-0.2, -0.15) is 0 Å². The zero-order valence-electron chi connectivity index (χ0n) is 13.3. The second-order valence-corrected chi connectivity index (χ2v) is 6.22. The lowest BCUT2D eigenvalue weighted by Gasteiger charge is -2.19. The number of nitrogens with one attached hydrogen (secondary N) is 2. The molecule has 1 amide bonds. The highest BCUT2D eigenvalue weighted by molar-refractivity contribution is 5.75. The summed E-state index contributed by atoms with van der Waals surface area (Å²) in [7, 11) is 0. The second kappa shape index (κ2) is 8.05. The van der Waals surface area contributed by atoms with Crippen LogP contribution < -0.4 is 10.6 Å². The van der Waals surface area contributed by atoms with Gasteiger partial charge in [0.2, 0.25) is 5.91 Å². The Labute approximate surface area is 123 Å². The molecule has 0 aromatic heterocycles. The molecule has 1 aromatic carbocycles. The fourth-order valence-corrected chi connectivity index (χ4v) is 1.91. The van der Waals surface area contributed by atoms with E-state index in [-0.39, 0.29) is 11.3 Å². The standard InChI is InChI=1S/C17H28N2O/c1-5-11-19-16(20)10-12-18-13-14-6-8-15(9-7-14)17(2,3)4/h6-9,18H,5,10-13H2,1-4H3,(H,19,20). The molecule has 0 spiro atoms. The van der Waals surface area contributed by atoms with Gasteiger partial charge in [0.25, 0.3) is 0 Å². The maximum absolute atomic E-state index is 11.4. The fraction of sp³-hybridized carbons (Fsp3) is 0.588. The Balaban J connectivity index is 2.27. The fourth-order valence-electron chi connectivity index (χ4n) is 1.91. The molecule has 112 valence electrons. The Bertz CT molecular complexity index is 404. The van der Waals surface area contributed by atoms with Crippen molar-refractivity contribution >= 4 is 5.91 Å². The first-order valence-corrected chi connectivity index (χ1v) is 7.50. The third kappa shape index (κ3) is 6.20. The van der Waals surface area contributed by atoms with Crippen LogP contribution in [0.3, 0.4) is 0 Å². The maximum atomic E-state index is 11.4. The molecule has 0 saturated heterocycles. The minimum absolute atomic E-state index is 0.127. The summed E-state index contributed by atoms with van der Waals surface area (Å²) in [6.45, 7) is 11.0. The highest BCUT2D eigenvalue weighted by Crippen LogP contribution is 2.22. The van der Waals surface area contributed by atoms with Crippen LogP contribution in [0.25, 0.3) is 0 Å². The average Bonchev–Trinajstić information content (AvgIpc) is 2.41. The van der Waals surface area contributed by atoms with E-state index >= 15 is 0 Å². The van der Waals surface area contributed by atoms with Crippen molar-refractivity contribution in [2.75, 3.05) is 13.1 Å². The molecule has 0 aliphatic carbocycles. The topological polar surface area (TPSA) is 41.1 Å². The molecule has 2 N–H and O–H groups in total. The molecule has 3 heteroatoms. The Morgan fingerprint density at radius 2 is 1.75 bits per heavy atom. The van der Waals surface area contributed by atoms with Gasteiger partial charge in [-0.3, -0.25) is 4.79 Å². The van der Waals surface area contributed by atoms with Gasteiger partial charge in [0.1, 0.15) is 0 Å². The first-order chi connectivity index (χ1) is 9.43. The van der Waals surface area contributed by atoms with Crippen LogP contribution in [0.15, 0.2) is 24.3 Å². The predicted octanol–water partition coefficient (Wildman–Crippen LogP) is 2.99. The van der Waals surface area contributed by atoms with Crippen molar-refractivity contribution in [3.63, 3.8) is 0 Å². The molecular weight excluding hydrogens is 248 g/mol. The molecule has 0 aliphatic heterocycles. The van der Waals surface area contributed by atoms with Crippen LogP contribution in [-0.4, -0.2) is 19.0 Å². The summed E-state index contributed by atoms with van der Waals surface area (Å²) in [5, 5.41) is 6.18. The number of carbonyl (C=O) groups is 1. The summed E-state index contributed by atoms with van der Waals surface area (Å²) >= 11 is 0. The van der Waals surface area contributed by atoms with Crippen molar-refractivity contribution in [2.24, 2.45) is 0 Å². The molecule has 0 fully saturated rings. The quantitative estimate of drug-likeness (QED) is 0.752. The summed E-state index contributed by atoms with van der Waals surface area (Å²) in [4.78, 5) is 11.4. The largest absolute Gasteiger partial charge is 0.356 e. The van der Waals surface area contributed by atoms with Crippen LogP contribution in [0.5, 0.6) is 0 Å². The summed E-state index contributed by atoms with van der Waals surface area (Å²) in [5.74, 6) is 0.127. The van der Waals surface area contributed by atoms with Gasteiger partial charge < -0.3 is 10.6 Å². The van der Waals surface area contributed by atoms with E-state index in [0.717, 1.165) is 26.1 Å². The van der Waals surface area contributed by atoms with Crippen LogP contribution in [-0.2, 0) is 16.8 Å². The van der Waals surface area contributed by atoms with Crippen molar-refractivity contribution in [1.82, 2.24) is 10.6 Å². The highest BCUT2D eigenvalue weighted by Gasteiger charge is 2.12. The third-order valence-corrected chi connectivity index (χ3v) is 3.25. The molecule has 0 aliphatic rings. The number of hydrogen-bond acceptors (Lipinski definition) is 2. The molecule has 1 rings (SSSR count). The summed E-state index contributed by atoms with van der Waals surface area (Å²) in [5.41, 5.74) is 2.80. The molecule has 1 aromatic rings. The highest BCUT2D eigenvalue weighted by atomic mass is 16.1. The number of hydrogen-bond donors (Lipinski definition) is 2. The Morgan fingerprint density at radius 3 is 2.30 bits per heavy atom. The third-order valence-electron chi connectivity index (χ3n) is 3.25. The predicted molar refractivity (Wildman–Crippen MR) is 84.8 cm³/mol. The minimum atomic E-state index is 0.127. The van der Waals surface area contributed by atoms with E-state index in [1.807, 2.05) is 0 Å². The lowest BCUT2D eigenvalue weighted by atomic mass is 9.87. The summed E-state index contributed by atoms with van der Waals surface area (Å²) in [6.07, 6.45) is 1.53. The van der Waals surface area contributed by atoms with Crippen LogP contribution in [0.1, 0.15) is 51.7 Å².